The number of carbonyl (C=O) groups excluding carboxylic acids is 1. The van der Waals surface area contributed by atoms with Crippen molar-refractivity contribution >= 4 is 33.2 Å². The van der Waals surface area contributed by atoms with Crippen LogP contribution < -0.4 is 19.7 Å². The summed E-state index contributed by atoms with van der Waals surface area (Å²) in [6, 6.07) is 9.97. The molecule has 1 fully saturated rings. The highest BCUT2D eigenvalue weighted by molar-refractivity contribution is 7.89. The van der Waals surface area contributed by atoms with Crippen molar-refractivity contribution in [1.82, 2.24) is 4.31 Å². The summed E-state index contributed by atoms with van der Waals surface area (Å²) in [5.74, 6) is -0.586. The van der Waals surface area contributed by atoms with Gasteiger partial charge in [0, 0.05) is 16.8 Å². The lowest BCUT2D eigenvalue weighted by Crippen LogP contribution is -3.15. The van der Waals surface area contributed by atoms with Crippen LogP contribution in [0.4, 0.5) is 14.5 Å². The van der Waals surface area contributed by atoms with Crippen molar-refractivity contribution in [2.45, 2.75) is 11.2 Å². The highest BCUT2D eigenvalue weighted by atomic mass is 35.5. The summed E-state index contributed by atoms with van der Waals surface area (Å²) in [5.41, 5.74) is 0.299. The van der Waals surface area contributed by atoms with E-state index in [-0.39, 0.29) is 41.9 Å². The van der Waals surface area contributed by atoms with Crippen LogP contribution in [0.25, 0.3) is 0 Å². The maximum Gasteiger partial charge on any atom is 0.586 e. The van der Waals surface area contributed by atoms with Gasteiger partial charge in [0.1, 0.15) is 0 Å². The van der Waals surface area contributed by atoms with Crippen LogP contribution in [-0.4, -0.2) is 57.6 Å². The molecule has 2 heterocycles. The zero-order valence-corrected chi connectivity index (χ0v) is 17.7. The molecule has 0 saturated carbocycles. The van der Waals surface area contributed by atoms with E-state index in [1.165, 1.54) is 46.8 Å². The summed E-state index contributed by atoms with van der Waals surface area (Å²) in [5, 5.41) is 3.09. The highest BCUT2D eigenvalue weighted by Crippen LogP contribution is 2.42. The molecular formula is C19H19ClF2N3O5S+. The number of nitrogens with zero attached hydrogens (tertiary/aromatic N) is 1. The van der Waals surface area contributed by atoms with Crippen molar-refractivity contribution in [3.05, 3.63) is 47.5 Å². The lowest BCUT2D eigenvalue weighted by Gasteiger charge is -2.31. The number of piperazine rings is 1. The molecule has 0 bridgehead atoms. The van der Waals surface area contributed by atoms with Crippen molar-refractivity contribution < 1.29 is 36.4 Å². The van der Waals surface area contributed by atoms with E-state index in [4.69, 9.17) is 11.6 Å². The molecule has 2 aromatic carbocycles. The fraction of sp³-hybridized carbons (Fsp3) is 0.316. The number of anilines is 1. The van der Waals surface area contributed by atoms with Crippen molar-refractivity contribution in [2.75, 3.05) is 38.0 Å². The van der Waals surface area contributed by atoms with Gasteiger partial charge in [-0.05, 0) is 36.4 Å². The first-order chi connectivity index (χ1) is 14.6. The molecule has 12 heteroatoms. The number of ether oxygens (including phenoxy) is 2. The van der Waals surface area contributed by atoms with Crippen LogP contribution >= 0.6 is 11.6 Å². The topological polar surface area (TPSA) is 89.4 Å². The van der Waals surface area contributed by atoms with E-state index in [1.54, 1.807) is 0 Å². The van der Waals surface area contributed by atoms with Crippen LogP contribution in [0.1, 0.15) is 0 Å². The van der Waals surface area contributed by atoms with Crippen molar-refractivity contribution in [3.63, 3.8) is 0 Å². The van der Waals surface area contributed by atoms with E-state index >= 15 is 0 Å². The van der Waals surface area contributed by atoms with Crippen LogP contribution in [0.5, 0.6) is 11.5 Å². The summed E-state index contributed by atoms with van der Waals surface area (Å²) in [4.78, 5) is 13.4. The molecule has 2 aromatic rings. The zero-order valence-electron chi connectivity index (χ0n) is 16.1. The Kier molecular flexibility index (Phi) is 5.77. The second kappa shape index (κ2) is 8.23. The second-order valence-corrected chi connectivity index (χ2v) is 9.54. The molecule has 1 saturated heterocycles. The van der Waals surface area contributed by atoms with Crippen LogP contribution in [0.2, 0.25) is 5.02 Å². The summed E-state index contributed by atoms with van der Waals surface area (Å²) in [6.45, 7) is 1.56. The van der Waals surface area contributed by atoms with E-state index in [0.717, 1.165) is 4.90 Å². The number of halogens is 3. The van der Waals surface area contributed by atoms with E-state index in [9.17, 15) is 22.0 Å². The molecule has 0 aromatic heterocycles. The number of carbonyl (C=O) groups is 1. The predicted octanol–water partition coefficient (Wildman–Crippen LogP) is 1.19. The molecule has 4 rings (SSSR count). The van der Waals surface area contributed by atoms with Crippen molar-refractivity contribution in [3.8, 4) is 11.5 Å². The lowest BCUT2D eigenvalue weighted by atomic mass is 10.2. The largest absolute Gasteiger partial charge is 0.586 e. The number of nitrogens with one attached hydrogen (secondary N) is 2. The number of hydrogen-bond donors (Lipinski definition) is 2. The zero-order chi connectivity index (χ0) is 22.2. The van der Waals surface area contributed by atoms with Gasteiger partial charge in [-0.2, -0.15) is 4.31 Å². The van der Waals surface area contributed by atoms with E-state index in [1.807, 2.05) is 0 Å². The van der Waals surface area contributed by atoms with Gasteiger partial charge in [0.2, 0.25) is 10.0 Å². The Hall–Kier alpha value is -2.47. The molecule has 0 aliphatic carbocycles. The molecule has 0 radical (unpaired) electrons. The minimum absolute atomic E-state index is 0.105. The molecular weight excluding hydrogens is 456 g/mol. The third-order valence-corrected chi connectivity index (χ3v) is 7.14. The molecule has 166 valence electrons. The first kappa shape index (κ1) is 21.8. The Labute approximate surface area is 182 Å². The molecule has 2 N–H and O–H groups in total. The minimum atomic E-state index is -3.72. The van der Waals surface area contributed by atoms with Gasteiger partial charge in [0.05, 0.1) is 31.1 Å². The van der Waals surface area contributed by atoms with E-state index < -0.39 is 16.3 Å². The third kappa shape index (κ3) is 4.90. The summed E-state index contributed by atoms with van der Waals surface area (Å²) >= 11 is 5.82. The van der Waals surface area contributed by atoms with Gasteiger partial charge in [-0.25, -0.2) is 8.42 Å². The van der Waals surface area contributed by atoms with Gasteiger partial charge in [0.15, 0.2) is 18.0 Å². The summed E-state index contributed by atoms with van der Waals surface area (Å²) < 4.78 is 61.7. The minimum Gasteiger partial charge on any atom is -0.395 e. The number of fused-ring (bicyclic) bond motifs is 1. The average molecular weight is 475 g/mol. The Bertz CT molecular complexity index is 1090. The van der Waals surface area contributed by atoms with E-state index in [2.05, 4.69) is 14.8 Å². The molecule has 2 aliphatic heterocycles. The summed E-state index contributed by atoms with van der Waals surface area (Å²) in [7, 11) is -3.62. The first-order valence-corrected chi connectivity index (χ1v) is 11.2. The van der Waals surface area contributed by atoms with Crippen molar-refractivity contribution in [2.24, 2.45) is 0 Å². The lowest BCUT2D eigenvalue weighted by molar-refractivity contribution is -0.895. The van der Waals surface area contributed by atoms with Gasteiger partial charge in [0.25, 0.3) is 5.91 Å². The second-order valence-electron chi connectivity index (χ2n) is 7.16. The summed E-state index contributed by atoms with van der Waals surface area (Å²) in [6.07, 6.45) is -3.72. The fourth-order valence-electron chi connectivity index (χ4n) is 3.43. The number of hydrogen-bond acceptors (Lipinski definition) is 5. The normalized spacial score (nSPS) is 18.7. The smallest absolute Gasteiger partial charge is 0.395 e. The quantitative estimate of drug-likeness (QED) is 0.679. The van der Waals surface area contributed by atoms with Crippen LogP contribution in [0.15, 0.2) is 47.4 Å². The Morgan fingerprint density at radius 2 is 1.74 bits per heavy atom. The molecule has 0 spiro atoms. The maximum absolute atomic E-state index is 13.1. The SMILES string of the molecule is O=C(C[NH+]1CCN(S(=O)(=O)c2ccc(Cl)cc2)CC1)Nc1ccc2c(c1)OC(F)(F)O2. The van der Waals surface area contributed by atoms with Gasteiger partial charge >= 0.3 is 6.29 Å². The Morgan fingerprint density at radius 3 is 2.42 bits per heavy atom. The number of amides is 1. The predicted molar refractivity (Wildman–Crippen MR) is 107 cm³/mol. The van der Waals surface area contributed by atoms with Crippen molar-refractivity contribution in [1.29, 1.82) is 0 Å². The van der Waals surface area contributed by atoms with Crippen LogP contribution in [0.3, 0.4) is 0 Å². The molecule has 0 atom stereocenters. The first-order valence-electron chi connectivity index (χ1n) is 9.41. The molecule has 0 unspecified atom stereocenters. The standard InChI is InChI=1S/C19H18ClF2N3O5S/c20-13-1-4-15(5-2-13)31(27,28)25-9-7-24(8-10-25)12-18(26)23-14-3-6-16-17(11-14)30-19(21,22)29-16/h1-6,11H,7-10,12H2,(H,23,26)/p+1. The molecule has 1 amide bonds. The number of benzene rings is 2. The molecule has 2 aliphatic rings. The number of rotatable bonds is 5. The number of sulfonamides is 1. The van der Waals surface area contributed by atoms with Crippen LogP contribution in [0, 0.1) is 0 Å². The Morgan fingerprint density at radius 1 is 1.10 bits per heavy atom. The fourth-order valence-corrected chi connectivity index (χ4v) is 5.00. The maximum atomic E-state index is 13.1. The van der Waals surface area contributed by atoms with Gasteiger partial charge in [-0.1, -0.05) is 11.6 Å². The van der Waals surface area contributed by atoms with Gasteiger partial charge in [-0.15, -0.1) is 8.78 Å². The van der Waals surface area contributed by atoms with Crippen LogP contribution in [-0.2, 0) is 14.8 Å². The van der Waals surface area contributed by atoms with Gasteiger partial charge < -0.3 is 19.7 Å². The Balaban J connectivity index is 1.30. The highest BCUT2D eigenvalue weighted by Gasteiger charge is 2.43. The average Bonchev–Trinajstić information content (AvgIpc) is 3.01. The van der Waals surface area contributed by atoms with E-state index in [0.29, 0.717) is 23.8 Å². The molecule has 31 heavy (non-hydrogen) atoms. The third-order valence-electron chi connectivity index (χ3n) is 4.98. The number of quaternary nitrogens is 1. The monoisotopic (exact) mass is 474 g/mol. The molecule has 8 nitrogen and oxygen atoms in total. The number of alkyl halides is 2. The van der Waals surface area contributed by atoms with Gasteiger partial charge in [-0.3, -0.25) is 4.79 Å².